The molecule has 7 heteroatoms. The van der Waals surface area contributed by atoms with Crippen LogP contribution in [0.3, 0.4) is 0 Å². The molecule has 1 aliphatic carbocycles. The largest absolute Gasteiger partial charge is 0.508 e. The number of anilines is 2. The van der Waals surface area contributed by atoms with Gasteiger partial charge in [0.1, 0.15) is 12.4 Å². The van der Waals surface area contributed by atoms with Gasteiger partial charge in [0, 0.05) is 23.0 Å². The number of benzene rings is 2. The fourth-order valence-electron chi connectivity index (χ4n) is 4.16. The average molecular weight is 409 g/mol. The average Bonchev–Trinajstić information content (AvgIpc) is 3.20. The van der Waals surface area contributed by atoms with Gasteiger partial charge in [-0.1, -0.05) is 43.5 Å². The van der Waals surface area contributed by atoms with Gasteiger partial charge in [-0.3, -0.25) is 4.90 Å². The number of carbonyl (C=O) groups is 2. The van der Waals surface area contributed by atoms with Crippen molar-refractivity contribution >= 4 is 23.5 Å². The first kappa shape index (κ1) is 20.1. The van der Waals surface area contributed by atoms with Gasteiger partial charge < -0.3 is 20.1 Å². The Balaban J connectivity index is 1.53. The zero-order valence-corrected chi connectivity index (χ0v) is 16.9. The highest BCUT2D eigenvalue weighted by Crippen LogP contribution is 2.28. The summed E-state index contributed by atoms with van der Waals surface area (Å²) in [6, 6.07) is 14.3. The van der Waals surface area contributed by atoms with Crippen LogP contribution in [0.1, 0.15) is 37.7 Å². The number of aromatic hydroxyl groups is 1. The van der Waals surface area contributed by atoms with E-state index in [4.69, 9.17) is 4.74 Å². The standard InChI is InChI=1S/C23H27N3O4/c27-21-12-5-4-7-17(21)16-26(19-9-2-1-3-10-19)22(28)24-18-8-6-11-20(15-18)25-13-14-30-23(25)29/h4-8,11-12,15,19,27H,1-3,9-10,13-14,16H2,(H,24,28). The summed E-state index contributed by atoms with van der Waals surface area (Å²) in [5.41, 5.74) is 2.04. The highest BCUT2D eigenvalue weighted by atomic mass is 16.6. The summed E-state index contributed by atoms with van der Waals surface area (Å²) in [7, 11) is 0. The summed E-state index contributed by atoms with van der Waals surface area (Å²) in [5, 5.41) is 13.2. The first-order valence-corrected chi connectivity index (χ1v) is 10.5. The zero-order chi connectivity index (χ0) is 20.9. The van der Waals surface area contributed by atoms with E-state index in [0.29, 0.717) is 31.1 Å². The number of para-hydroxylation sites is 1. The SMILES string of the molecule is O=C1OCCN1c1cccc(NC(=O)N(Cc2ccccc2O)C2CCCCC2)c1. The van der Waals surface area contributed by atoms with E-state index in [1.807, 2.05) is 35.2 Å². The van der Waals surface area contributed by atoms with Gasteiger partial charge >= 0.3 is 12.1 Å². The van der Waals surface area contributed by atoms with Gasteiger partial charge in [0.2, 0.25) is 0 Å². The lowest BCUT2D eigenvalue weighted by Crippen LogP contribution is -2.43. The topological polar surface area (TPSA) is 82.1 Å². The lowest BCUT2D eigenvalue weighted by molar-refractivity contribution is 0.162. The zero-order valence-electron chi connectivity index (χ0n) is 16.9. The summed E-state index contributed by atoms with van der Waals surface area (Å²) in [4.78, 5) is 28.5. The van der Waals surface area contributed by atoms with Crippen LogP contribution in [0.4, 0.5) is 21.0 Å². The molecule has 2 aromatic rings. The minimum absolute atomic E-state index is 0.134. The van der Waals surface area contributed by atoms with Crippen molar-refractivity contribution < 1.29 is 19.4 Å². The van der Waals surface area contributed by atoms with Crippen LogP contribution >= 0.6 is 0 Å². The molecule has 0 radical (unpaired) electrons. The molecule has 30 heavy (non-hydrogen) atoms. The normalized spacial score (nSPS) is 16.9. The maximum atomic E-state index is 13.3. The molecule has 1 heterocycles. The Bertz CT molecular complexity index is 911. The first-order chi connectivity index (χ1) is 14.6. The predicted molar refractivity (Wildman–Crippen MR) is 115 cm³/mol. The molecule has 3 amide bonds. The van der Waals surface area contributed by atoms with Gasteiger partial charge in [0.25, 0.3) is 0 Å². The number of rotatable bonds is 5. The molecule has 0 bridgehead atoms. The van der Waals surface area contributed by atoms with Gasteiger partial charge in [0.05, 0.1) is 13.1 Å². The monoisotopic (exact) mass is 409 g/mol. The molecule has 158 valence electrons. The number of phenolic OH excluding ortho intramolecular Hbond substituents is 1. The van der Waals surface area contributed by atoms with Crippen molar-refractivity contribution in [2.75, 3.05) is 23.4 Å². The van der Waals surface area contributed by atoms with Crippen molar-refractivity contribution in [1.29, 1.82) is 0 Å². The number of phenols is 1. The molecular weight excluding hydrogens is 382 g/mol. The van der Waals surface area contributed by atoms with E-state index in [1.54, 1.807) is 23.1 Å². The van der Waals surface area contributed by atoms with E-state index in [9.17, 15) is 14.7 Å². The summed E-state index contributed by atoms with van der Waals surface area (Å²) < 4.78 is 5.00. The number of hydrogen-bond acceptors (Lipinski definition) is 4. The van der Waals surface area contributed by atoms with E-state index in [2.05, 4.69) is 5.32 Å². The maximum absolute atomic E-state index is 13.3. The van der Waals surface area contributed by atoms with Crippen molar-refractivity contribution in [1.82, 2.24) is 4.90 Å². The van der Waals surface area contributed by atoms with Gasteiger partial charge in [-0.25, -0.2) is 9.59 Å². The molecule has 2 N–H and O–H groups in total. The highest BCUT2D eigenvalue weighted by molar-refractivity contribution is 5.93. The Morgan fingerprint density at radius 3 is 2.67 bits per heavy atom. The molecular formula is C23H27N3O4. The molecule has 2 aliphatic rings. The number of nitrogens with zero attached hydrogens (tertiary/aromatic N) is 2. The molecule has 0 spiro atoms. The molecule has 0 atom stereocenters. The van der Waals surface area contributed by atoms with Gasteiger partial charge in [-0.05, 0) is 37.1 Å². The third-order valence-electron chi connectivity index (χ3n) is 5.78. The highest BCUT2D eigenvalue weighted by Gasteiger charge is 2.27. The van der Waals surface area contributed by atoms with E-state index in [1.165, 1.54) is 6.42 Å². The number of cyclic esters (lactones) is 1. The van der Waals surface area contributed by atoms with Crippen LogP contribution in [0, 0.1) is 0 Å². The molecule has 0 unspecified atom stereocenters. The lowest BCUT2D eigenvalue weighted by Gasteiger charge is -2.34. The van der Waals surface area contributed by atoms with Crippen LogP contribution in [-0.4, -0.2) is 41.3 Å². The predicted octanol–water partition coefficient (Wildman–Crippen LogP) is 4.72. The van der Waals surface area contributed by atoms with Crippen molar-refractivity contribution in [2.45, 2.75) is 44.7 Å². The number of amides is 3. The third kappa shape index (κ3) is 4.50. The van der Waals surface area contributed by atoms with Crippen molar-refractivity contribution in [3.8, 4) is 5.75 Å². The number of ether oxygens (including phenoxy) is 1. The van der Waals surface area contributed by atoms with Crippen molar-refractivity contribution in [3.63, 3.8) is 0 Å². The number of nitrogens with one attached hydrogen (secondary N) is 1. The summed E-state index contributed by atoms with van der Waals surface area (Å²) in [6.07, 6.45) is 4.93. The fraction of sp³-hybridized carbons (Fsp3) is 0.391. The van der Waals surface area contributed by atoms with Crippen LogP contribution in [0.2, 0.25) is 0 Å². The fourth-order valence-corrected chi connectivity index (χ4v) is 4.16. The van der Waals surface area contributed by atoms with Crippen LogP contribution < -0.4 is 10.2 Å². The van der Waals surface area contributed by atoms with Crippen molar-refractivity contribution in [2.24, 2.45) is 0 Å². The third-order valence-corrected chi connectivity index (χ3v) is 5.78. The maximum Gasteiger partial charge on any atom is 0.414 e. The second-order valence-corrected chi connectivity index (χ2v) is 7.79. The smallest absolute Gasteiger partial charge is 0.414 e. The molecule has 1 aliphatic heterocycles. The first-order valence-electron chi connectivity index (χ1n) is 10.5. The Morgan fingerprint density at radius 2 is 1.93 bits per heavy atom. The minimum atomic E-state index is -0.373. The van der Waals surface area contributed by atoms with Crippen LogP contribution in [0.25, 0.3) is 0 Å². The summed E-state index contributed by atoms with van der Waals surface area (Å²) >= 11 is 0. The molecule has 1 saturated carbocycles. The molecule has 1 saturated heterocycles. The Morgan fingerprint density at radius 1 is 1.13 bits per heavy atom. The second kappa shape index (κ2) is 9.07. The quantitative estimate of drug-likeness (QED) is 0.749. The molecule has 7 nitrogen and oxygen atoms in total. The molecule has 2 aromatic carbocycles. The molecule has 4 rings (SSSR count). The summed E-state index contributed by atoms with van der Waals surface area (Å²) in [5.74, 6) is 0.195. The second-order valence-electron chi connectivity index (χ2n) is 7.79. The summed E-state index contributed by atoms with van der Waals surface area (Å²) in [6.45, 7) is 1.21. The lowest BCUT2D eigenvalue weighted by atomic mass is 9.94. The van der Waals surface area contributed by atoms with E-state index < -0.39 is 0 Å². The van der Waals surface area contributed by atoms with Gasteiger partial charge in [0.15, 0.2) is 0 Å². The van der Waals surface area contributed by atoms with Crippen LogP contribution in [0.5, 0.6) is 5.75 Å². The Hall–Kier alpha value is -3.22. The Labute approximate surface area is 176 Å². The molecule has 0 aromatic heterocycles. The van der Waals surface area contributed by atoms with E-state index in [-0.39, 0.29) is 23.9 Å². The number of hydrogen-bond donors (Lipinski definition) is 2. The van der Waals surface area contributed by atoms with E-state index >= 15 is 0 Å². The number of urea groups is 1. The Kier molecular flexibility index (Phi) is 6.07. The van der Waals surface area contributed by atoms with E-state index in [0.717, 1.165) is 31.2 Å². The van der Waals surface area contributed by atoms with Gasteiger partial charge in [-0.2, -0.15) is 0 Å². The van der Waals surface area contributed by atoms with Crippen LogP contribution in [-0.2, 0) is 11.3 Å². The molecule has 2 fully saturated rings. The minimum Gasteiger partial charge on any atom is -0.508 e. The van der Waals surface area contributed by atoms with Crippen molar-refractivity contribution in [3.05, 3.63) is 54.1 Å². The van der Waals surface area contributed by atoms with Gasteiger partial charge in [-0.15, -0.1) is 0 Å². The number of carbonyl (C=O) groups excluding carboxylic acids is 2. The van der Waals surface area contributed by atoms with Crippen LogP contribution in [0.15, 0.2) is 48.5 Å².